The summed E-state index contributed by atoms with van der Waals surface area (Å²) in [5.41, 5.74) is 1.54. The molecule has 9 heteroatoms. The van der Waals surface area contributed by atoms with Crippen molar-refractivity contribution in [1.82, 2.24) is 4.31 Å². The second-order valence-electron chi connectivity index (χ2n) is 6.02. The standard InChI is InChI=1S/C19H18BrN3O4S/c1-13-17(19(24)21-16-8-5-7-15(20)10-16)12-23(28(25,26)22-13)11-14-6-3-4-9-18(14)27-2/h3-10,12H,11H2,1-2H3,(H,21,24). The molecule has 0 aromatic heterocycles. The van der Waals surface area contributed by atoms with Gasteiger partial charge in [-0.2, -0.15) is 8.42 Å². The molecule has 28 heavy (non-hydrogen) atoms. The molecule has 146 valence electrons. The molecule has 1 aliphatic heterocycles. The highest BCUT2D eigenvalue weighted by Gasteiger charge is 2.28. The van der Waals surface area contributed by atoms with Crippen LogP contribution in [0, 0.1) is 0 Å². The van der Waals surface area contributed by atoms with Crippen molar-refractivity contribution in [2.75, 3.05) is 12.4 Å². The van der Waals surface area contributed by atoms with Crippen molar-refractivity contribution in [3.63, 3.8) is 0 Å². The molecule has 2 aromatic carbocycles. The largest absolute Gasteiger partial charge is 0.496 e. The van der Waals surface area contributed by atoms with Crippen molar-refractivity contribution in [1.29, 1.82) is 0 Å². The number of carbonyl (C=O) groups is 1. The second-order valence-corrected chi connectivity index (χ2v) is 8.48. The molecule has 3 rings (SSSR count). The summed E-state index contributed by atoms with van der Waals surface area (Å²) >= 11 is 3.35. The lowest BCUT2D eigenvalue weighted by molar-refractivity contribution is -0.112. The molecule has 0 fully saturated rings. The number of nitrogens with zero attached hydrogens (tertiary/aromatic N) is 2. The number of hydrogen-bond acceptors (Lipinski definition) is 4. The number of nitrogens with one attached hydrogen (secondary N) is 1. The van der Waals surface area contributed by atoms with Crippen LogP contribution < -0.4 is 10.1 Å². The van der Waals surface area contributed by atoms with Gasteiger partial charge in [-0.05, 0) is 31.2 Å². The summed E-state index contributed by atoms with van der Waals surface area (Å²) in [6.45, 7) is 1.49. The average molecular weight is 464 g/mol. The van der Waals surface area contributed by atoms with Gasteiger partial charge < -0.3 is 10.1 Å². The van der Waals surface area contributed by atoms with Gasteiger partial charge in [0.25, 0.3) is 5.91 Å². The molecule has 2 aromatic rings. The van der Waals surface area contributed by atoms with Crippen LogP contribution in [0.1, 0.15) is 12.5 Å². The van der Waals surface area contributed by atoms with Crippen molar-refractivity contribution < 1.29 is 17.9 Å². The summed E-state index contributed by atoms with van der Waals surface area (Å²) in [5, 5.41) is 2.75. The van der Waals surface area contributed by atoms with Crippen molar-refractivity contribution in [3.05, 3.63) is 70.3 Å². The number of benzene rings is 2. The highest BCUT2D eigenvalue weighted by molar-refractivity contribution is 9.10. The molecule has 0 unspecified atom stereocenters. The van der Waals surface area contributed by atoms with Crippen LogP contribution in [0.25, 0.3) is 0 Å². The van der Waals surface area contributed by atoms with E-state index in [4.69, 9.17) is 4.74 Å². The Labute approximate surface area is 172 Å². The quantitative estimate of drug-likeness (QED) is 0.734. The summed E-state index contributed by atoms with van der Waals surface area (Å²) in [7, 11) is -2.43. The number of methoxy groups -OCH3 is 1. The van der Waals surface area contributed by atoms with E-state index in [-0.39, 0.29) is 17.8 Å². The van der Waals surface area contributed by atoms with Gasteiger partial charge in [0.05, 0.1) is 24.9 Å². The number of anilines is 1. The van der Waals surface area contributed by atoms with E-state index in [0.717, 1.165) is 8.78 Å². The third-order valence-corrected chi connectivity index (χ3v) is 5.88. The molecule has 0 spiro atoms. The Bertz CT molecular complexity index is 1080. The fraction of sp³-hybridized carbons (Fsp3) is 0.158. The SMILES string of the molecule is COc1ccccc1CN1C=C(C(=O)Nc2cccc(Br)c2)C(C)=NS1(=O)=O. The smallest absolute Gasteiger partial charge is 0.344 e. The molecule has 0 saturated heterocycles. The zero-order valence-corrected chi connectivity index (χ0v) is 17.6. The van der Waals surface area contributed by atoms with Crippen molar-refractivity contribution in [2.45, 2.75) is 13.5 Å². The number of ether oxygens (including phenoxy) is 1. The maximum Gasteiger partial charge on any atom is 0.344 e. The number of rotatable bonds is 5. The molecule has 0 atom stereocenters. The van der Waals surface area contributed by atoms with Gasteiger partial charge in [-0.25, -0.2) is 0 Å². The van der Waals surface area contributed by atoms with Gasteiger partial charge in [0, 0.05) is 21.9 Å². The van der Waals surface area contributed by atoms with Crippen LogP contribution >= 0.6 is 15.9 Å². The van der Waals surface area contributed by atoms with Gasteiger partial charge in [0.2, 0.25) is 0 Å². The Balaban J connectivity index is 1.90. The molecule has 1 amide bonds. The topological polar surface area (TPSA) is 88.1 Å². The van der Waals surface area contributed by atoms with Gasteiger partial charge in [0.15, 0.2) is 0 Å². The Morgan fingerprint density at radius 3 is 2.68 bits per heavy atom. The first kappa shape index (κ1) is 20.1. The summed E-state index contributed by atoms with van der Waals surface area (Å²) in [6.07, 6.45) is 1.30. The molecule has 1 aliphatic rings. The number of carbonyl (C=O) groups excluding carboxylic acids is 1. The van der Waals surface area contributed by atoms with Gasteiger partial charge in [-0.3, -0.25) is 9.10 Å². The third kappa shape index (κ3) is 4.42. The molecule has 1 N–H and O–H groups in total. The number of amides is 1. The van der Waals surface area contributed by atoms with E-state index >= 15 is 0 Å². The average Bonchev–Trinajstić information content (AvgIpc) is 2.63. The van der Waals surface area contributed by atoms with E-state index in [2.05, 4.69) is 25.6 Å². The second kappa shape index (κ2) is 8.15. The predicted octanol–water partition coefficient (Wildman–Crippen LogP) is 3.50. The molecular weight excluding hydrogens is 446 g/mol. The van der Waals surface area contributed by atoms with Crippen LogP contribution in [0.15, 0.2) is 69.2 Å². The monoisotopic (exact) mass is 463 g/mol. The minimum absolute atomic E-state index is 0.00318. The minimum atomic E-state index is -3.94. The Kier molecular flexibility index (Phi) is 5.85. The van der Waals surface area contributed by atoms with Gasteiger partial charge in [-0.15, -0.1) is 4.40 Å². The minimum Gasteiger partial charge on any atom is -0.496 e. The molecule has 0 saturated carbocycles. The summed E-state index contributed by atoms with van der Waals surface area (Å²) in [6, 6.07) is 14.2. The Hall–Kier alpha value is -2.65. The maximum absolute atomic E-state index is 12.7. The molecule has 1 heterocycles. The van der Waals surface area contributed by atoms with E-state index in [1.54, 1.807) is 42.5 Å². The first-order valence-electron chi connectivity index (χ1n) is 8.29. The molecule has 0 radical (unpaired) electrons. The fourth-order valence-corrected chi connectivity index (χ4v) is 4.18. The molecule has 0 aliphatic carbocycles. The predicted molar refractivity (Wildman–Crippen MR) is 111 cm³/mol. The lowest BCUT2D eigenvalue weighted by Gasteiger charge is -2.24. The van der Waals surface area contributed by atoms with Crippen LogP contribution in [0.2, 0.25) is 0 Å². The van der Waals surface area contributed by atoms with Crippen molar-refractivity contribution in [3.8, 4) is 5.75 Å². The van der Waals surface area contributed by atoms with Crippen LogP contribution in [0.5, 0.6) is 5.75 Å². The highest BCUT2D eigenvalue weighted by atomic mass is 79.9. The maximum atomic E-state index is 12.7. The molecular formula is C19H18BrN3O4S. The first-order chi connectivity index (χ1) is 13.3. The van der Waals surface area contributed by atoms with Crippen LogP contribution in [0.3, 0.4) is 0 Å². The molecule has 7 nitrogen and oxygen atoms in total. The number of hydrogen-bond donors (Lipinski definition) is 1. The van der Waals surface area contributed by atoms with Crippen LogP contribution in [-0.4, -0.2) is 31.5 Å². The van der Waals surface area contributed by atoms with Crippen molar-refractivity contribution in [2.24, 2.45) is 4.40 Å². The Morgan fingerprint density at radius 1 is 1.21 bits per heavy atom. The van der Waals surface area contributed by atoms with E-state index in [1.165, 1.54) is 20.2 Å². The zero-order chi connectivity index (χ0) is 20.3. The zero-order valence-electron chi connectivity index (χ0n) is 15.2. The van der Waals surface area contributed by atoms with E-state index in [1.807, 2.05) is 6.07 Å². The molecule has 0 bridgehead atoms. The summed E-state index contributed by atoms with van der Waals surface area (Å²) in [4.78, 5) is 12.7. The van der Waals surface area contributed by atoms with Crippen LogP contribution in [0.4, 0.5) is 5.69 Å². The van der Waals surface area contributed by atoms with Crippen LogP contribution in [-0.2, 0) is 21.5 Å². The van der Waals surface area contributed by atoms with Gasteiger partial charge in [0.1, 0.15) is 5.75 Å². The third-order valence-electron chi connectivity index (χ3n) is 4.06. The normalized spacial score (nSPS) is 15.5. The fourth-order valence-electron chi connectivity index (χ4n) is 2.69. The summed E-state index contributed by atoms with van der Waals surface area (Å²) in [5.74, 6) is 0.108. The van der Waals surface area contributed by atoms with Gasteiger partial charge >= 0.3 is 10.2 Å². The van der Waals surface area contributed by atoms with Gasteiger partial charge in [-0.1, -0.05) is 40.2 Å². The van der Waals surface area contributed by atoms with E-state index < -0.39 is 16.1 Å². The van der Waals surface area contributed by atoms with E-state index in [9.17, 15) is 13.2 Å². The number of halogens is 1. The lowest BCUT2D eigenvalue weighted by atomic mass is 10.1. The highest BCUT2D eigenvalue weighted by Crippen LogP contribution is 2.25. The van der Waals surface area contributed by atoms with E-state index in [0.29, 0.717) is 17.0 Å². The summed E-state index contributed by atoms with van der Waals surface area (Å²) < 4.78 is 35.8. The lowest BCUT2D eigenvalue weighted by Crippen LogP contribution is -2.32. The Morgan fingerprint density at radius 2 is 1.96 bits per heavy atom. The first-order valence-corrected chi connectivity index (χ1v) is 10.5. The van der Waals surface area contributed by atoms with Crippen molar-refractivity contribution >= 4 is 43.4 Å². The number of para-hydroxylation sites is 1.